The van der Waals surface area contributed by atoms with Crippen molar-refractivity contribution in [2.45, 2.75) is 96.8 Å². The van der Waals surface area contributed by atoms with Crippen LogP contribution in [0.4, 0.5) is 0 Å². The number of carbonyl (C=O) groups is 2. The molecule has 0 heterocycles. The van der Waals surface area contributed by atoms with Crippen molar-refractivity contribution < 1.29 is 19.8 Å². The standard InChI is InChI=1S/C15H28O2.C14H14O2/c1-2-3-4-5-6-7-8-9-10-11-12-13-14-15(16)17;15-14(16)7-3-4-11-8-9-12-5-1-2-6-13(12)10-11/h5-6H,2-4,7-14H2,1H3,(H,16,17);1-2,5-6,8-10H,3-4,7H2,(H,15,16)/b6-5-;. The Morgan fingerprint density at radius 3 is 1.94 bits per heavy atom. The highest BCUT2D eigenvalue weighted by Crippen LogP contribution is 2.17. The minimum atomic E-state index is -0.721. The van der Waals surface area contributed by atoms with E-state index in [-0.39, 0.29) is 6.42 Å². The molecule has 4 nitrogen and oxygen atoms in total. The summed E-state index contributed by atoms with van der Waals surface area (Å²) >= 11 is 0. The third-order valence-corrected chi connectivity index (χ3v) is 5.57. The summed E-state index contributed by atoms with van der Waals surface area (Å²) in [6.07, 6.45) is 18.6. The molecule has 0 spiro atoms. The highest BCUT2D eigenvalue weighted by atomic mass is 16.4. The Labute approximate surface area is 199 Å². The fraction of sp³-hybridized carbons (Fsp3) is 0.517. The number of allylic oxidation sites excluding steroid dienone is 2. The zero-order chi connectivity index (χ0) is 24.2. The van der Waals surface area contributed by atoms with Gasteiger partial charge in [0.25, 0.3) is 0 Å². The maximum absolute atomic E-state index is 10.4. The SMILES string of the molecule is CCCC/C=C\CCCCCCCCC(=O)O.O=C(O)CCCc1ccc2ccccc2c1. The van der Waals surface area contributed by atoms with Crippen LogP contribution < -0.4 is 0 Å². The molecule has 0 aliphatic heterocycles. The van der Waals surface area contributed by atoms with Gasteiger partial charge in [0.2, 0.25) is 0 Å². The Morgan fingerprint density at radius 1 is 0.697 bits per heavy atom. The Kier molecular flexibility index (Phi) is 16.3. The smallest absolute Gasteiger partial charge is 0.303 e. The Hall–Kier alpha value is -2.62. The third-order valence-electron chi connectivity index (χ3n) is 5.57. The number of carboxylic acids is 2. The first-order valence-electron chi connectivity index (χ1n) is 12.6. The van der Waals surface area contributed by atoms with E-state index in [1.165, 1.54) is 67.7 Å². The molecule has 2 aromatic carbocycles. The van der Waals surface area contributed by atoms with E-state index >= 15 is 0 Å². The summed E-state index contributed by atoms with van der Waals surface area (Å²) < 4.78 is 0. The van der Waals surface area contributed by atoms with Gasteiger partial charge in [-0.3, -0.25) is 9.59 Å². The van der Waals surface area contributed by atoms with Gasteiger partial charge >= 0.3 is 11.9 Å². The van der Waals surface area contributed by atoms with Gasteiger partial charge in [-0.05, 0) is 54.9 Å². The molecule has 0 aromatic heterocycles. The number of benzene rings is 2. The van der Waals surface area contributed by atoms with E-state index in [1.54, 1.807) is 0 Å². The van der Waals surface area contributed by atoms with E-state index < -0.39 is 11.9 Å². The number of carboxylic acid groups (broad SMARTS) is 2. The van der Waals surface area contributed by atoms with Gasteiger partial charge < -0.3 is 10.2 Å². The second-order valence-electron chi connectivity index (χ2n) is 8.60. The van der Waals surface area contributed by atoms with Crippen LogP contribution >= 0.6 is 0 Å². The molecule has 2 rings (SSSR count). The summed E-state index contributed by atoms with van der Waals surface area (Å²) in [4.78, 5) is 20.7. The Morgan fingerprint density at radius 2 is 1.27 bits per heavy atom. The van der Waals surface area contributed by atoms with Crippen LogP contribution in [0.1, 0.15) is 96.0 Å². The van der Waals surface area contributed by atoms with E-state index in [4.69, 9.17) is 10.2 Å². The van der Waals surface area contributed by atoms with Crippen molar-refractivity contribution in [2.24, 2.45) is 0 Å². The monoisotopic (exact) mass is 454 g/mol. The lowest BCUT2D eigenvalue weighted by Crippen LogP contribution is -1.95. The van der Waals surface area contributed by atoms with Crippen LogP contribution in [-0.2, 0) is 16.0 Å². The van der Waals surface area contributed by atoms with Gasteiger partial charge in [0.1, 0.15) is 0 Å². The van der Waals surface area contributed by atoms with Gasteiger partial charge in [-0.15, -0.1) is 0 Å². The summed E-state index contributed by atoms with van der Waals surface area (Å²) in [5.41, 5.74) is 1.21. The van der Waals surface area contributed by atoms with E-state index in [0.717, 1.165) is 19.3 Å². The molecule has 0 saturated carbocycles. The Balaban J connectivity index is 0.000000330. The van der Waals surface area contributed by atoms with E-state index in [0.29, 0.717) is 12.8 Å². The first-order chi connectivity index (χ1) is 16.0. The van der Waals surface area contributed by atoms with Gasteiger partial charge in [0.05, 0.1) is 0 Å². The lowest BCUT2D eigenvalue weighted by molar-refractivity contribution is -0.138. The lowest BCUT2D eigenvalue weighted by Gasteiger charge is -2.02. The average molecular weight is 455 g/mol. The summed E-state index contributed by atoms with van der Waals surface area (Å²) in [7, 11) is 0. The van der Waals surface area contributed by atoms with Crippen LogP contribution in [-0.4, -0.2) is 22.2 Å². The zero-order valence-electron chi connectivity index (χ0n) is 20.3. The average Bonchev–Trinajstić information content (AvgIpc) is 2.80. The maximum Gasteiger partial charge on any atom is 0.303 e. The van der Waals surface area contributed by atoms with Crippen molar-refractivity contribution in [3.05, 3.63) is 60.2 Å². The van der Waals surface area contributed by atoms with Gasteiger partial charge in [0.15, 0.2) is 0 Å². The Bertz CT molecular complexity index is 825. The molecule has 2 aromatic rings. The minimum Gasteiger partial charge on any atom is -0.481 e. The predicted octanol–water partition coefficient (Wildman–Crippen LogP) is 8.19. The molecular weight excluding hydrogens is 412 g/mol. The van der Waals surface area contributed by atoms with Crippen molar-refractivity contribution in [1.82, 2.24) is 0 Å². The molecule has 0 fully saturated rings. The predicted molar refractivity (Wildman–Crippen MR) is 138 cm³/mol. The van der Waals surface area contributed by atoms with Gasteiger partial charge in [0, 0.05) is 12.8 Å². The zero-order valence-corrected chi connectivity index (χ0v) is 20.3. The number of hydrogen-bond donors (Lipinski definition) is 2. The molecule has 182 valence electrons. The van der Waals surface area contributed by atoms with E-state index in [2.05, 4.69) is 49.4 Å². The second-order valence-corrected chi connectivity index (χ2v) is 8.60. The van der Waals surface area contributed by atoms with Crippen LogP contribution in [0.15, 0.2) is 54.6 Å². The second kappa shape index (κ2) is 18.9. The number of fused-ring (bicyclic) bond motifs is 1. The molecule has 0 bridgehead atoms. The third kappa shape index (κ3) is 15.8. The number of aryl methyl sites for hydroxylation is 1. The molecule has 0 aliphatic carbocycles. The van der Waals surface area contributed by atoms with Gasteiger partial charge in [-0.2, -0.15) is 0 Å². The largest absolute Gasteiger partial charge is 0.481 e. The number of unbranched alkanes of at least 4 members (excludes halogenated alkanes) is 8. The topological polar surface area (TPSA) is 74.6 Å². The van der Waals surface area contributed by atoms with E-state index in [1.807, 2.05) is 12.1 Å². The van der Waals surface area contributed by atoms with Crippen LogP contribution in [0, 0.1) is 0 Å². The molecule has 0 unspecified atom stereocenters. The van der Waals surface area contributed by atoms with Crippen molar-refractivity contribution >= 4 is 22.7 Å². The molecule has 0 atom stereocenters. The fourth-order valence-corrected chi connectivity index (χ4v) is 3.64. The summed E-state index contributed by atoms with van der Waals surface area (Å²) in [6, 6.07) is 14.5. The van der Waals surface area contributed by atoms with E-state index in [9.17, 15) is 9.59 Å². The first kappa shape index (κ1) is 28.4. The van der Waals surface area contributed by atoms with Crippen LogP contribution in [0.5, 0.6) is 0 Å². The molecule has 4 heteroatoms. The van der Waals surface area contributed by atoms with Crippen molar-refractivity contribution in [3.63, 3.8) is 0 Å². The summed E-state index contributed by atoms with van der Waals surface area (Å²) in [6.45, 7) is 2.22. The number of aliphatic carboxylic acids is 2. The normalized spacial score (nSPS) is 10.8. The molecule has 0 radical (unpaired) electrons. The molecular formula is C29H42O4. The highest BCUT2D eigenvalue weighted by molar-refractivity contribution is 5.83. The van der Waals surface area contributed by atoms with Crippen LogP contribution in [0.3, 0.4) is 0 Å². The highest BCUT2D eigenvalue weighted by Gasteiger charge is 1.99. The van der Waals surface area contributed by atoms with Gasteiger partial charge in [-0.1, -0.05) is 100 Å². The molecule has 0 saturated heterocycles. The van der Waals surface area contributed by atoms with Crippen molar-refractivity contribution in [3.8, 4) is 0 Å². The molecule has 0 amide bonds. The molecule has 0 aliphatic rings. The maximum atomic E-state index is 10.4. The summed E-state index contributed by atoms with van der Waals surface area (Å²) in [5.74, 6) is -1.39. The molecule has 2 N–H and O–H groups in total. The molecule has 33 heavy (non-hydrogen) atoms. The number of hydrogen-bond acceptors (Lipinski definition) is 2. The lowest BCUT2D eigenvalue weighted by atomic mass is 10.0. The fourth-order valence-electron chi connectivity index (χ4n) is 3.64. The summed E-state index contributed by atoms with van der Waals surface area (Å²) in [5, 5.41) is 19.5. The van der Waals surface area contributed by atoms with Crippen molar-refractivity contribution in [1.29, 1.82) is 0 Å². The van der Waals surface area contributed by atoms with Gasteiger partial charge in [-0.25, -0.2) is 0 Å². The number of rotatable bonds is 16. The quantitative estimate of drug-likeness (QED) is 0.198. The van der Waals surface area contributed by atoms with Crippen molar-refractivity contribution in [2.75, 3.05) is 0 Å². The minimum absolute atomic E-state index is 0.243. The van der Waals surface area contributed by atoms with Crippen LogP contribution in [0.25, 0.3) is 10.8 Å². The first-order valence-corrected chi connectivity index (χ1v) is 12.6. The van der Waals surface area contributed by atoms with Crippen LogP contribution in [0.2, 0.25) is 0 Å².